The molecule has 3 rings (SSSR count). The second-order valence-electron chi connectivity index (χ2n) is 3.82. The van der Waals surface area contributed by atoms with E-state index < -0.39 is 0 Å². The topological polar surface area (TPSA) is 30.2 Å². The first kappa shape index (κ1) is 9.54. The lowest BCUT2D eigenvalue weighted by Gasteiger charge is -2.03. The van der Waals surface area contributed by atoms with E-state index in [2.05, 4.69) is 33.7 Å². The van der Waals surface area contributed by atoms with E-state index in [1.165, 1.54) is 4.88 Å². The van der Waals surface area contributed by atoms with Gasteiger partial charge in [0.05, 0.1) is 16.3 Å². The van der Waals surface area contributed by atoms with Crippen LogP contribution in [-0.4, -0.2) is 14.6 Å². The second-order valence-corrected chi connectivity index (χ2v) is 4.76. The Bertz CT molecular complexity index is 638. The van der Waals surface area contributed by atoms with Gasteiger partial charge in [0.2, 0.25) is 0 Å². The highest BCUT2D eigenvalue weighted by Crippen LogP contribution is 2.25. The first-order valence-electron chi connectivity index (χ1n) is 5.12. The molecule has 3 aromatic rings. The van der Waals surface area contributed by atoms with Crippen LogP contribution in [0.5, 0.6) is 0 Å². The zero-order valence-corrected chi connectivity index (χ0v) is 9.95. The molecule has 16 heavy (non-hydrogen) atoms. The maximum atomic E-state index is 4.47. The Morgan fingerprint density at radius 2 is 2.06 bits per heavy atom. The number of aryl methyl sites for hydroxylation is 2. The number of hydrogen-bond acceptors (Lipinski definition) is 3. The summed E-state index contributed by atoms with van der Waals surface area (Å²) >= 11 is 1.72. The summed E-state index contributed by atoms with van der Waals surface area (Å²) in [5.74, 6) is 0. The molecule has 3 aromatic heterocycles. The fourth-order valence-electron chi connectivity index (χ4n) is 1.81. The number of hydrogen-bond donors (Lipinski definition) is 0. The van der Waals surface area contributed by atoms with Gasteiger partial charge in [0, 0.05) is 11.8 Å². The van der Waals surface area contributed by atoms with Gasteiger partial charge < -0.3 is 0 Å². The standard InChI is InChI=1S/C12H11N3S/c1-8-6-10(11-4-3-5-16-11)15-12(13-8)7-9(2)14-15/h3-7H,1-2H3. The van der Waals surface area contributed by atoms with Gasteiger partial charge in [0.25, 0.3) is 0 Å². The van der Waals surface area contributed by atoms with Crippen LogP contribution < -0.4 is 0 Å². The Morgan fingerprint density at radius 3 is 2.81 bits per heavy atom. The van der Waals surface area contributed by atoms with E-state index in [1.807, 2.05) is 24.4 Å². The summed E-state index contributed by atoms with van der Waals surface area (Å²) in [6.07, 6.45) is 0. The molecular formula is C12H11N3S. The number of aromatic nitrogens is 3. The van der Waals surface area contributed by atoms with Crippen molar-refractivity contribution >= 4 is 17.0 Å². The number of nitrogens with zero attached hydrogens (tertiary/aromatic N) is 3. The molecule has 0 spiro atoms. The van der Waals surface area contributed by atoms with E-state index in [-0.39, 0.29) is 0 Å². The van der Waals surface area contributed by atoms with Gasteiger partial charge in [-0.15, -0.1) is 11.3 Å². The van der Waals surface area contributed by atoms with E-state index in [4.69, 9.17) is 0 Å². The molecule has 0 aliphatic carbocycles. The van der Waals surface area contributed by atoms with Crippen molar-refractivity contribution in [3.8, 4) is 10.6 Å². The Morgan fingerprint density at radius 1 is 1.19 bits per heavy atom. The van der Waals surface area contributed by atoms with E-state index in [0.717, 1.165) is 22.7 Å². The summed E-state index contributed by atoms with van der Waals surface area (Å²) in [7, 11) is 0. The minimum absolute atomic E-state index is 0.918. The zero-order chi connectivity index (χ0) is 11.1. The molecule has 0 aliphatic heterocycles. The monoisotopic (exact) mass is 229 g/mol. The van der Waals surface area contributed by atoms with Crippen LogP contribution in [0.3, 0.4) is 0 Å². The van der Waals surface area contributed by atoms with Gasteiger partial charge in [-0.2, -0.15) is 5.10 Å². The molecule has 0 radical (unpaired) electrons. The fraction of sp³-hybridized carbons (Fsp3) is 0.167. The van der Waals surface area contributed by atoms with Crippen LogP contribution >= 0.6 is 11.3 Å². The lowest BCUT2D eigenvalue weighted by atomic mass is 10.3. The van der Waals surface area contributed by atoms with Crippen LogP contribution in [0.25, 0.3) is 16.2 Å². The summed E-state index contributed by atoms with van der Waals surface area (Å²) < 4.78 is 1.91. The molecule has 3 nitrogen and oxygen atoms in total. The van der Waals surface area contributed by atoms with Crippen LogP contribution in [0.4, 0.5) is 0 Å². The van der Waals surface area contributed by atoms with Crippen LogP contribution in [0.15, 0.2) is 29.6 Å². The van der Waals surface area contributed by atoms with E-state index in [0.29, 0.717) is 0 Å². The molecule has 0 unspecified atom stereocenters. The van der Waals surface area contributed by atoms with Crippen molar-refractivity contribution in [2.24, 2.45) is 0 Å². The summed E-state index contributed by atoms with van der Waals surface area (Å²) in [6.45, 7) is 4.00. The Balaban J connectivity index is 2.38. The van der Waals surface area contributed by atoms with Crippen molar-refractivity contribution in [2.45, 2.75) is 13.8 Å². The molecule has 4 heteroatoms. The van der Waals surface area contributed by atoms with Crippen molar-refractivity contribution in [3.05, 3.63) is 41.0 Å². The quantitative estimate of drug-likeness (QED) is 0.642. The van der Waals surface area contributed by atoms with Crippen LogP contribution in [-0.2, 0) is 0 Å². The zero-order valence-electron chi connectivity index (χ0n) is 9.14. The third-order valence-corrected chi connectivity index (χ3v) is 3.34. The van der Waals surface area contributed by atoms with Crippen molar-refractivity contribution in [3.63, 3.8) is 0 Å². The molecule has 0 atom stereocenters. The summed E-state index contributed by atoms with van der Waals surface area (Å²) in [4.78, 5) is 5.69. The average molecular weight is 229 g/mol. The first-order valence-corrected chi connectivity index (χ1v) is 6.00. The van der Waals surface area contributed by atoms with Crippen molar-refractivity contribution in [1.82, 2.24) is 14.6 Å². The molecule has 0 N–H and O–H groups in total. The molecular weight excluding hydrogens is 218 g/mol. The predicted octanol–water partition coefficient (Wildman–Crippen LogP) is 3.07. The summed E-state index contributed by atoms with van der Waals surface area (Å²) in [5.41, 5.74) is 4.05. The van der Waals surface area contributed by atoms with Gasteiger partial charge in [0.1, 0.15) is 0 Å². The molecule has 0 fully saturated rings. The second kappa shape index (κ2) is 3.42. The van der Waals surface area contributed by atoms with Gasteiger partial charge in [-0.3, -0.25) is 0 Å². The minimum Gasteiger partial charge on any atom is -0.234 e. The lowest BCUT2D eigenvalue weighted by molar-refractivity contribution is 0.920. The fourth-order valence-corrected chi connectivity index (χ4v) is 2.54. The molecule has 0 amide bonds. The summed E-state index contributed by atoms with van der Waals surface area (Å²) in [6, 6.07) is 8.24. The van der Waals surface area contributed by atoms with Crippen molar-refractivity contribution < 1.29 is 0 Å². The molecule has 0 aliphatic rings. The largest absolute Gasteiger partial charge is 0.234 e. The smallest absolute Gasteiger partial charge is 0.156 e. The highest BCUT2D eigenvalue weighted by Gasteiger charge is 2.08. The van der Waals surface area contributed by atoms with Gasteiger partial charge in [-0.05, 0) is 31.4 Å². The van der Waals surface area contributed by atoms with Crippen LogP contribution in [0.1, 0.15) is 11.4 Å². The summed E-state index contributed by atoms with van der Waals surface area (Å²) in [5, 5.41) is 6.55. The normalized spacial score (nSPS) is 11.1. The maximum absolute atomic E-state index is 4.47. The first-order chi connectivity index (χ1) is 7.74. The Hall–Kier alpha value is -1.68. The molecule has 0 saturated heterocycles. The number of rotatable bonds is 1. The minimum atomic E-state index is 0.918. The van der Waals surface area contributed by atoms with Crippen LogP contribution in [0.2, 0.25) is 0 Å². The highest BCUT2D eigenvalue weighted by atomic mass is 32.1. The van der Waals surface area contributed by atoms with Crippen LogP contribution in [0, 0.1) is 13.8 Å². The predicted molar refractivity (Wildman–Crippen MR) is 65.8 cm³/mol. The van der Waals surface area contributed by atoms with Gasteiger partial charge in [0.15, 0.2) is 5.65 Å². The number of fused-ring (bicyclic) bond motifs is 1. The van der Waals surface area contributed by atoms with Crippen molar-refractivity contribution in [2.75, 3.05) is 0 Å². The van der Waals surface area contributed by atoms with Gasteiger partial charge in [-0.1, -0.05) is 6.07 Å². The van der Waals surface area contributed by atoms with E-state index in [9.17, 15) is 0 Å². The van der Waals surface area contributed by atoms with Crippen molar-refractivity contribution in [1.29, 1.82) is 0 Å². The third kappa shape index (κ3) is 1.42. The highest BCUT2D eigenvalue weighted by molar-refractivity contribution is 7.13. The Kier molecular flexibility index (Phi) is 2.04. The molecule has 0 bridgehead atoms. The SMILES string of the molecule is Cc1cc(-c2cccs2)n2nc(C)cc2n1. The van der Waals surface area contributed by atoms with Gasteiger partial charge >= 0.3 is 0 Å². The lowest BCUT2D eigenvalue weighted by Crippen LogP contribution is -1.96. The third-order valence-electron chi connectivity index (χ3n) is 2.45. The van der Waals surface area contributed by atoms with E-state index in [1.54, 1.807) is 11.3 Å². The molecule has 80 valence electrons. The average Bonchev–Trinajstić information content (AvgIpc) is 2.83. The maximum Gasteiger partial charge on any atom is 0.156 e. The molecule has 0 aromatic carbocycles. The number of thiophene rings is 1. The Labute approximate surface area is 97.4 Å². The molecule has 3 heterocycles. The van der Waals surface area contributed by atoms with E-state index >= 15 is 0 Å². The molecule has 0 saturated carbocycles. The van der Waals surface area contributed by atoms with Gasteiger partial charge in [-0.25, -0.2) is 9.50 Å².